The Morgan fingerprint density at radius 1 is 0.900 bits per heavy atom. The largest absolute Gasteiger partial charge is 0.534 e. The van der Waals surface area contributed by atoms with Crippen molar-refractivity contribution in [3.05, 3.63) is 65.2 Å². The van der Waals surface area contributed by atoms with Crippen LogP contribution in [0.3, 0.4) is 0 Å². The Hall–Kier alpha value is -2.55. The minimum absolute atomic E-state index is 0.223. The van der Waals surface area contributed by atoms with Crippen molar-refractivity contribution in [2.24, 2.45) is 0 Å². The molecule has 0 spiro atoms. The van der Waals surface area contributed by atoms with Crippen LogP contribution in [-0.2, 0) is 38.9 Å². The molecular weight excluding hydrogens is 421 g/mol. The fourth-order valence-corrected chi connectivity index (χ4v) is 3.36. The smallest absolute Gasteiger partial charge is 0.469 e. The lowest BCUT2D eigenvalue weighted by Gasteiger charge is -2.11. The van der Waals surface area contributed by atoms with E-state index in [1.54, 1.807) is 12.1 Å². The van der Waals surface area contributed by atoms with E-state index in [1.165, 1.54) is 24.8 Å². The van der Waals surface area contributed by atoms with Gasteiger partial charge in [-0.05, 0) is 60.9 Å². The summed E-state index contributed by atoms with van der Waals surface area (Å²) < 4.78 is 67.9. The van der Waals surface area contributed by atoms with Gasteiger partial charge in [0.1, 0.15) is 5.75 Å². The molecule has 0 aromatic heterocycles. The second-order valence-corrected chi connectivity index (χ2v) is 8.22. The molecular formula is C21H23F3O5S. The van der Waals surface area contributed by atoms with Crippen molar-refractivity contribution in [1.29, 1.82) is 0 Å². The normalized spacial score (nSPS) is 11.9. The summed E-state index contributed by atoms with van der Waals surface area (Å²) in [6.45, 7) is 0. The molecule has 0 amide bonds. The predicted molar refractivity (Wildman–Crippen MR) is 105 cm³/mol. The number of benzene rings is 2. The van der Waals surface area contributed by atoms with Crippen LogP contribution in [0, 0.1) is 0 Å². The van der Waals surface area contributed by atoms with Crippen molar-refractivity contribution < 1.29 is 35.3 Å². The van der Waals surface area contributed by atoms with Crippen LogP contribution >= 0.6 is 0 Å². The molecule has 2 aromatic carbocycles. The Morgan fingerprint density at radius 2 is 1.50 bits per heavy atom. The highest BCUT2D eigenvalue weighted by molar-refractivity contribution is 7.88. The van der Waals surface area contributed by atoms with Crippen molar-refractivity contribution in [2.75, 3.05) is 7.11 Å². The number of alkyl halides is 3. The standard InChI is InChI=1S/C21H23F3O5S/c1-28-20(25)9-5-4-7-17-6-2-3-8-18(17)13-10-16-11-14-19(15-12-16)29-30(26,27)21(22,23)24/h2-3,6,8,11-12,14-15H,4-5,7,9-10,13H2,1H3. The van der Waals surface area contributed by atoms with Gasteiger partial charge in [-0.1, -0.05) is 36.4 Å². The summed E-state index contributed by atoms with van der Waals surface area (Å²) in [4.78, 5) is 11.2. The van der Waals surface area contributed by atoms with E-state index in [0.717, 1.165) is 30.4 Å². The first-order valence-corrected chi connectivity index (χ1v) is 10.8. The van der Waals surface area contributed by atoms with Gasteiger partial charge in [0.2, 0.25) is 0 Å². The molecule has 2 aromatic rings. The van der Waals surface area contributed by atoms with Gasteiger partial charge in [-0.15, -0.1) is 0 Å². The monoisotopic (exact) mass is 444 g/mol. The van der Waals surface area contributed by atoms with E-state index in [2.05, 4.69) is 8.92 Å². The van der Waals surface area contributed by atoms with Crippen LogP contribution in [-0.4, -0.2) is 27.0 Å². The molecule has 0 aliphatic carbocycles. The van der Waals surface area contributed by atoms with Crippen LogP contribution in [0.5, 0.6) is 5.75 Å². The number of carbonyl (C=O) groups is 1. The number of methoxy groups -OCH3 is 1. The highest BCUT2D eigenvalue weighted by Gasteiger charge is 2.48. The van der Waals surface area contributed by atoms with Crippen LogP contribution in [0.15, 0.2) is 48.5 Å². The van der Waals surface area contributed by atoms with E-state index >= 15 is 0 Å². The van der Waals surface area contributed by atoms with Crippen LogP contribution < -0.4 is 4.18 Å². The molecule has 0 atom stereocenters. The molecule has 0 bridgehead atoms. The second-order valence-electron chi connectivity index (χ2n) is 6.68. The zero-order valence-corrected chi connectivity index (χ0v) is 17.3. The number of hydrogen-bond donors (Lipinski definition) is 0. The van der Waals surface area contributed by atoms with Crippen molar-refractivity contribution >= 4 is 16.1 Å². The summed E-state index contributed by atoms with van der Waals surface area (Å²) in [7, 11) is -4.31. The molecule has 9 heteroatoms. The maximum atomic E-state index is 12.4. The van der Waals surface area contributed by atoms with E-state index in [1.807, 2.05) is 24.3 Å². The average Bonchev–Trinajstić information content (AvgIpc) is 2.70. The van der Waals surface area contributed by atoms with Crippen LogP contribution in [0.2, 0.25) is 0 Å². The lowest BCUT2D eigenvalue weighted by atomic mass is 9.96. The number of ether oxygens (including phenoxy) is 1. The van der Waals surface area contributed by atoms with Gasteiger partial charge in [0.15, 0.2) is 0 Å². The Bertz CT molecular complexity index is 938. The van der Waals surface area contributed by atoms with E-state index in [4.69, 9.17) is 0 Å². The average molecular weight is 444 g/mol. The fraction of sp³-hybridized carbons (Fsp3) is 0.381. The third kappa shape index (κ3) is 7.05. The summed E-state index contributed by atoms with van der Waals surface area (Å²) in [5, 5.41) is 0. The SMILES string of the molecule is COC(=O)CCCCc1ccccc1CCc1ccc(OS(=O)(=O)C(F)(F)F)cc1. The Morgan fingerprint density at radius 3 is 2.07 bits per heavy atom. The highest BCUT2D eigenvalue weighted by Crippen LogP contribution is 2.27. The van der Waals surface area contributed by atoms with Gasteiger partial charge < -0.3 is 8.92 Å². The van der Waals surface area contributed by atoms with E-state index in [0.29, 0.717) is 19.3 Å². The number of carbonyl (C=O) groups excluding carboxylic acids is 1. The van der Waals surface area contributed by atoms with Gasteiger partial charge in [0, 0.05) is 6.42 Å². The molecule has 0 saturated carbocycles. The van der Waals surface area contributed by atoms with E-state index in [9.17, 15) is 26.4 Å². The summed E-state index contributed by atoms with van der Waals surface area (Å²) >= 11 is 0. The predicted octanol–water partition coefficient (Wildman–Crippen LogP) is 4.59. The number of halogens is 3. The molecule has 0 fully saturated rings. The number of esters is 1. The zero-order valence-electron chi connectivity index (χ0n) is 16.4. The number of hydrogen-bond acceptors (Lipinski definition) is 5. The van der Waals surface area contributed by atoms with E-state index in [-0.39, 0.29) is 11.7 Å². The summed E-state index contributed by atoms with van der Waals surface area (Å²) in [5.41, 5.74) is -2.30. The van der Waals surface area contributed by atoms with Crippen LogP contribution in [0.25, 0.3) is 0 Å². The lowest BCUT2D eigenvalue weighted by molar-refractivity contribution is -0.140. The molecule has 0 heterocycles. The maximum Gasteiger partial charge on any atom is 0.534 e. The Kier molecular flexibility index (Phi) is 8.28. The van der Waals surface area contributed by atoms with Gasteiger partial charge in [0.05, 0.1) is 7.11 Å². The van der Waals surface area contributed by atoms with Crippen molar-refractivity contribution in [3.8, 4) is 5.75 Å². The van der Waals surface area contributed by atoms with Gasteiger partial charge >= 0.3 is 21.6 Å². The first kappa shape index (κ1) is 23.7. The van der Waals surface area contributed by atoms with Gasteiger partial charge in [0.25, 0.3) is 0 Å². The third-order valence-electron chi connectivity index (χ3n) is 4.52. The summed E-state index contributed by atoms with van der Waals surface area (Å²) in [5.74, 6) is -0.610. The number of unbranched alkanes of at least 4 members (excludes halogenated alkanes) is 1. The molecule has 0 N–H and O–H groups in total. The highest BCUT2D eigenvalue weighted by atomic mass is 32.2. The van der Waals surface area contributed by atoms with Crippen molar-refractivity contribution in [2.45, 2.75) is 44.0 Å². The zero-order chi connectivity index (χ0) is 22.2. The molecule has 5 nitrogen and oxygen atoms in total. The topological polar surface area (TPSA) is 69.7 Å². The second kappa shape index (κ2) is 10.5. The van der Waals surface area contributed by atoms with E-state index < -0.39 is 15.6 Å². The Labute approximate surface area is 173 Å². The van der Waals surface area contributed by atoms with Gasteiger partial charge in [-0.2, -0.15) is 21.6 Å². The lowest BCUT2D eigenvalue weighted by Crippen LogP contribution is -2.28. The minimum atomic E-state index is -5.67. The molecule has 0 aliphatic heterocycles. The summed E-state index contributed by atoms with van der Waals surface area (Å²) in [6.07, 6.45) is 4.15. The number of aryl methyl sites for hydroxylation is 3. The van der Waals surface area contributed by atoms with Crippen molar-refractivity contribution in [1.82, 2.24) is 0 Å². The maximum absolute atomic E-state index is 12.4. The van der Waals surface area contributed by atoms with Gasteiger partial charge in [-0.25, -0.2) is 0 Å². The Balaban J connectivity index is 1.92. The minimum Gasteiger partial charge on any atom is -0.469 e. The molecule has 30 heavy (non-hydrogen) atoms. The first-order valence-electron chi connectivity index (χ1n) is 9.35. The molecule has 0 aliphatic rings. The molecule has 2 rings (SSSR count). The molecule has 164 valence electrons. The molecule has 0 saturated heterocycles. The first-order chi connectivity index (χ1) is 14.1. The van der Waals surface area contributed by atoms with Crippen LogP contribution in [0.4, 0.5) is 13.2 Å². The van der Waals surface area contributed by atoms with Crippen molar-refractivity contribution in [3.63, 3.8) is 0 Å². The van der Waals surface area contributed by atoms with Gasteiger partial charge in [-0.3, -0.25) is 4.79 Å². The quantitative estimate of drug-likeness (QED) is 0.232. The summed E-state index contributed by atoms with van der Waals surface area (Å²) in [6, 6.07) is 13.4. The van der Waals surface area contributed by atoms with Crippen LogP contribution in [0.1, 0.15) is 36.0 Å². The fourth-order valence-electron chi connectivity index (χ4n) is 2.90. The molecule has 0 unspecified atom stereocenters. The third-order valence-corrected chi connectivity index (χ3v) is 5.50. The molecule has 0 radical (unpaired) electrons. The number of rotatable bonds is 10.